The second-order valence-corrected chi connectivity index (χ2v) is 10.6. The Morgan fingerprint density at radius 1 is 0.718 bits per heavy atom. The largest absolute Gasteiger partial charge is 0.354 e. The molecule has 0 saturated heterocycles. The Hall–Kier alpha value is -2.63. The van der Waals surface area contributed by atoms with Crippen LogP contribution in [0.25, 0.3) is 0 Å². The zero-order valence-electron chi connectivity index (χ0n) is 24.6. The third kappa shape index (κ3) is 20.0. The van der Waals surface area contributed by atoms with Crippen LogP contribution in [0, 0.1) is 0 Å². The molecule has 0 spiro atoms. The molecule has 6 heteroatoms. The second kappa shape index (κ2) is 24.4. The second-order valence-electron chi connectivity index (χ2n) is 10.6. The number of amides is 3. The van der Waals surface area contributed by atoms with Crippen molar-refractivity contribution in [3.8, 4) is 0 Å². The lowest BCUT2D eigenvalue weighted by Crippen LogP contribution is -2.48. The first-order valence-corrected chi connectivity index (χ1v) is 15.6. The van der Waals surface area contributed by atoms with Gasteiger partial charge in [-0.1, -0.05) is 140 Å². The minimum Gasteiger partial charge on any atom is -0.354 e. The molecule has 1 aromatic carbocycles. The van der Waals surface area contributed by atoms with Crippen LogP contribution in [0.15, 0.2) is 43.0 Å². The summed E-state index contributed by atoms with van der Waals surface area (Å²) in [6.45, 7) is 6.49. The fourth-order valence-electron chi connectivity index (χ4n) is 4.70. The Bertz CT molecular complexity index is 782. The van der Waals surface area contributed by atoms with Gasteiger partial charge in [0.05, 0.1) is 0 Å². The summed E-state index contributed by atoms with van der Waals surface area (Å²) in [6.07, 6.45) is 22.8. The van der Waals surface area contributed by atoms with Gasteiger partial charge >= 0.3 is 0 Å². The minimum atomic E-state index is -0.643. The molecular formula is C33H55N3O3. The molecular weight excluding hydrogens is 486 g/mol. The quantitative estimate of drug-likeness (QED) is 0.0941. The highest BCUT2D eigenvalue weighted by Crippen LogP contribution is 2.13. The van der Waals surface area contributed by atoms with Gasteiger partial charge in [-0.25, -0.2) is 0 Å². The minimum absolute atomic E-state index is 0.108. The van der Waals surface area contributed by atoms with Crippen LogP contribution in [0.3, 0.4) is 0 Å². The molecule has 6 nitrogen and oxygen atoms in total. The van der Waals surface area contributed by atoms with Crippen molar-refractivity contribution < 1.29 is 14.4 Å². The highest BCUT2D eigenvalue weighted by atomic mass is 16.2. The van der Waals surface area contributed by atoms with Gasteiger partial charge in [-0.2, -0.15) is 0 Å². The smallest absolute Gasteiger partial charge is 0.243 e. The number of benzene rings is 1. The van der Waals surface area contributed by atoms with Crippen LogP contribution < -0.4 is 16.0 Å². The van der Waals surface area contributed by atoms with Gasteiger partial charge in [0.2, 0.25) is 17.7 Å². The Morgan fingerprint density at radius 3 is 1.74 bits per heavy atom. The number of hydrogen-bond acceptors (Lipinski definition) is 3. The van der Waals surface area contributed by atoms with E-state index in [4.69, 9.17) is 0 Å². The average Bonchev–Trinajstić information content (AvgIpc) is 2.94. The molecule has 39 heavy (non-hydrogen) atoms. The lowest BCUT2D eigenvalue weighted by atomic mass is 10.0. The first-order valence-electron chi connectivity index (χ1n) is 15.6. The molecule has 0 aliphatic carbocycles. The van der Waals surface area contributed by atoms with Crippen LogP contribution in [-0.4, -0.2) is 36.9 Å². The van der Waals surface area contributed by atoms with Crippen LogP contribution >= 0.6 is 0 Å². The molecule has 0 heterocycles. The van der Waals surface area contributed by atoms with E-state index < -0.39 is 6.04 Å². The van der Waals surface area contributed by atoms with Crippen molar-refractivity contribution in [1.29, 1.82) is 0 Å². The summed E-state index contributed by atoms with van der Waals surface area (Å²) in [5.41, 5.74) is 0.986. The Morgan fingerprint density at radius 2 is 1.23 bits per heavy atom. The van der Waals surface area contributed by atoms with Gasteiger partial charge in [0, 0.05) is 25.9 Å². The first kappa shape index (κ1) is 34.4. The van der Waals surface area contributed by atoms with E-state index in [0.717, 1.165) is 18.4 Å². The van der Waals surface area contributed by atoms with E-state index in [1.807, 2.05) is 30.3 Å². The molecule has 0 aromatic heterocycles. The van der Waals surface area contributed by atoms with E-state index in [2.05, 4.69) is 29.5 Å². The van der Waals surface area contributed by atoms with E-state index in [-0.39, 0.29) is 30.7 Å². The SMILES string of the molecule is C=CC(=O)NCCC(=O)N[C@@H](Cc1ccccc1)C(=O)NCCCCCCCCCCCCCCCCCC. The normalized spacial score (nSPS) is 11.5. The molecule has 0 aliphatic heterocycles. The first-order chi connectivity index (χ1) is 19.1. The molecule has 0 aliphatic rings. The van der Waals surface area contributed by atoms with E-state index in [0.29, 0.717) is 13.0 Å². The van der Waals surface area contributed by atoms with Gasteiger partial charge in [-0.05, 0) is 18.1 Å². The number of carbonyl (C=O) groups is 3. The Balaban J connectivity index is 2.14. The van der Waals surface area contributed by atoms with E-state index in [9.17, 15) is 14.4 Å². The summed E-state index contributed by atoms with van der Waals surface area (Å²) in [5.74, 6) is -0.749. The molecule has 0 unspecified atom stereocenters. The van der Waals surface area contributed by atoms with Gasteiger partial charge in [-0.15, -0.1) is 0 Å². The van der Waals surface area contributed by atoms with Crippen LogP contribution in [0.1, 0.15) is 122 Å². The molecule has 1 atom stereocenters. The zero-order valence-corrected chi connectivity index (χ0v) is 24.6. The fourth-order valence-corrected chi connectivity index (χ4v) is 4.70. The molecule has 0 fully saturated rings. The number of unbranched alkanes of at least 4 members (excludes halogenated alkanes) is 15. The summed E-state index contributed by atoms with van der Waals surface area (Å²) in [5, 5.41) is 8.42. The van der Waals surface area contributed by atoms with Crippen molar-refractivity contribution in [1.82, 2.24) is 16.0 Å². The van der Waals surface area contributed by atoms with Crippen LogP contribution in [0.5, 0.6) is 0 Å². The topological polar surface area (TPSA) is 87.3 Å². The maximum Gasteiger partial charge on any atom is 0.243 e. The maximum atomic E-state index is 12.9. The lowest BCUT2D eigenvalue weighted by molar-refractivity contribution is -0.129. The van der Waals surface area contributed by atoms with Gasteiger partial charge in [0.15, 0.2) is 0 Å². The predicted molar refractivity (Wildman–Crippen MR) is 162 cm³/mol. The Labute approximate surface area is 238 Å². The summed E-state index contributed by atoms with van der Waals surface area (Å²) >= 11 is 0. The molecule has 0 radical (unpaired) electrons. The average molecular weight is 542 g/mol. The number of carbonyl (C=O) groups excluding carboxylic acids is 3. The molecule has 3 amide bonds. The van der Waals surface area contributed by atoms with E-state index in [1.54, 1.807) is 0 Å². The van der Waals surface area contributed by atoms with Crippen LogP contribution in [0.4, 0.5) is 0 Å². The summed E-state index contributed by atoms with van der Waals surface area (Å²) < 4.78 is 0. The number of nitrogens with one attached hydrogen (secondary N) is 3. The van der Waals surface area contributed by atoms with Gasteiger partial charge < -0.3 is 16.0 Å². The molecule has 0 bridgehead atoms. The molecule has 0 saturated carbocycles. The van der Waals surface area contributed by atoms with Crippen molar-refractivity contribution in [2.75, 3.05) is 13.1 Å². The maximum absolute atomic E-state index is 12.9. The van der Waals surface area contributed by atoms with E-state index >= 15 is 0 Å². The van der Waals surface area contributed by atoms with Gasteiger partial charge in [-0.3, -0.25) is 14.4 Å². The van der Waals surface area contributed by atoms with Crippen molar-refractivity contribution in [2.24, 2.45) is 0 Å². The lowest BCUT2D eigenvalue weighted by Gasteiger charge is -2.19. The summed E-state index contributed by atoms with van der Waals surface area (Å²) in [4.78, 5) is 36.5. The van der Waals surface area contributed by atoms with Crippen molar-refractivity contribution in [3.63, 3.8) is 0 Å². The third-order valence-electron chi connectivity index (χ3n) is 7.10. The van der Waals surface area contributed by atoms with E-state index in [1.165, 1.54) is 96.0 Å². The predicted octanol–water partition coefficient (Wildman–Crippen LogP) is 6.78. The van der Waals surface area contributed by atoms with Crippen LogP contribution in [-0.2, 0) is 20.8 Å². The standard InChI is InChI=1S/C33H55N3O3/c1-3-5-6-7-8-9-10-11-12-13-14-15-16-17-18-22-26-35-33(39)30(28-29-23-20-19-21-24-29)36-32(38)25-27-34-31(37)4-2/h4,19-21,23-24,30H,2-3,5-18,22,25-28H2,1H3,(H,34,37)(H,35,39)(H,36,38)/t30-/m0/s1. The molecule has 1 aromatic rings. The molecule has 1 rings (SSSR count). The van der Waals surface area contributed by atoms with Gasteiger partial charge in [0.25, 0.3) is 0 Å². The molecule has 220 valence electrons. The number of hydrogen-bond donors (Lipinski definition) is 3. The van der Waals surface area contributed by atoms with Gasteiger partial charge in [0.1, 0.15) is 6.04 Å². The molecule has 3 N–H and O–H groups in total. The van der Waals surface area contributed by atoms with Crippen molar-refractivity contribution in [2.45, 2.75) is 129 Å². The Kier molecular flexibility index (Phi) is 21.5. The zero-order chi connectivity index (χ0) is 28.4. The van der Waals surface area contributed by atoms with Crippen LogP contribution in [0.2, 0.25) is 0 Å². The summed E-state index contributed by atoms with van der Waals surface area (Å²) in [7, 11) is 0. The monoisotopic (exact) mass is 541 g/mol. The van der Waals surface area contributed by atoms with Crippen molar-refractivity contribution in [3.05, 3.63) is 48.6 Å². The number of rotatable bonds is 25. The highest BCUT2D eigenvalue weighted by Gasteiger charge is 2.20. The fraction of sp³-hybridized carbons (Fsp3) is 0.667. The third-order valence-corrected chi connectivity index (χ3v) is 7.10. The summed E-state index contributed by atoms with van der Waals surface area (Å²) in [6, 6.07) is 9.03. The van der Waals surface area contributed by atoms with Crippen molar-refractivity contribution >= 4 is 17.7 Å². The highest BCUT2D eigenvalue weighted by molar-refractivity contribution is 5.89.